The largest absolute Gasteiger partial charge is 0.384 e. The molecule has 1 fully saturated rings. The second kappa shape index (κ2) is 5.40. The number of rotatable bonds is 3. The Balaban J connectivity index is 2.09. The van der Waals surface area contributed by atoms with Crippen LogP contribution in [-0.2, 0) is 4.74 Å². The van der Waals surface area contributed by atoms with Crippen molar-refractivity contribution in [2.45, 2.75) is 19.4 Å². The van der Waals surface area contributed by atoms with Gasteiger partial charge >= 0.3 is 0 Å². The summed E-state index contributed by atoms with van der Waals surface area (Å²) in [5.41, 5.74) is 7.40. The Morgan fingerprint density at radius 1 is 1.39 bits per heavy atom. The highest BCUT2D eigenvalue weighted by atomic mass is 16.5. The normalized spacial score (nSPS) is 24.0. The number of methoxy groups -OCH3 is 1. The van der Waals surface area contributed by atoms with Crippen LogP contribution in [0.25, 0.3) is 0 Å². The summed E-state index contributed by atoms with van der Waals surface area (Å²) >= 11 is 0. The molecule has 0 spiro atoms. The summed E-state index contributed by atoms with van der Waals surface area (Å²) in [4.78, 5) is 2.33. The van der Waals surface area contributed by atoms with Gasteiger partial charge in [-0.1, -0.05) is 6.92 Å². The average Bonchev–Trinajstić information content (AvgIpc) is 2.39. The molecule has 1 aliphatic heterocycles. The minimum absolute atomic E-state index is 0.114. The molecule has 0 saturated carbocycles. The number of anilines is 1. The molecular formula is C14H21N3O. The first kappa shape index (κ1) is 12.9. The molecule has 4 heteroatoms. The lowest BCUT2D eigenvalue weighted by Crippen LogP contribution is -2.43. The molecule has 1 heterocycles. The van der Waals surface area contributed by atoms with Gasteiger partial charge in [0, 0.05) is 31.5 Å². The zero-order valence-electron chi connectivity index (χ0n) is 11.0. The zero-order chi connectivity index (χ0) is 13.1. The van der Waals surface area contributed by atoms with E-state index in [1.54, 1.807) is 7.11 Å². The molecule has 1 aliphatic rings. The number of ether oxygens (including phenoxy) is 1. The second-order valence-electron chi connectivity index (χ2n) is 4.95. The van der Waals surface area contributed by atoms with Crippen LogP contribution in [0.2, 0.25) is 0 Å². The van der Waals surface area contributed by atoms with Gasteiger partial charge in [-0.25, -0.2) is 0 Å². The number of nitrogens with two attached hydrogens (primary N) is 1. The number of nitrogens with one attached hydrogen (secondary N) is 1. The molecule has 0 amide bonds. The summed E-state index contributed by atoms with van der Waals surface area (Å²) in [6.45, 7) is 4.22. The quantitative estimate of drug-likeness (QED) is 0.633. The van der Waals surface area contributed by atoms with Crippen molar-refractivity contribution >= 4 is 11.5 Å². The fraction of sp³-hybridized carbons (Fsp3) is 0.500. The van der Waals surface area contributed by atoms with Crippen LogP contribution in [0.4, 0.5) is 5.69 Å². The van der Waals surface area contributed by atoms with Crippen LogP contribution in [0, 0.1) is 11.3 Å². The van der Waals surface area contributed by atoms with Crippen molar-refractivity contribution in [2.75, 3.05) is 25.1 Å². The highest BCUT2D eigenvalue weighted by molar-refractivity contribution is 5.95. The van der Waals surface area contributed by atoms with Crippen LogP contribution >= 0.6 is 0 Å². The number of benzene rings is 1. The maximum absolute atomic E-state index is 7.38. The van der Waals surface area contributed by atoms with Gasteiger partial charge in [-0.3, -0.25) is 5.41 Å². The zero-order valence-corrected chi connectivity index (χ0v) is 11.0. The molecule has 2 rings (SSSR count). The molecule has 2 atom stereocenters. The van der Waals surface area contributed by atoms with Gasteiger partial charge in [-0.15, -0.1) is 0 Å². The Bertz CT molecular complexity index is 416. The van der Waals surface area contributed by atoms with E-state index in [-0.39, 0.29) is 5.84 Å². The first-order valence-corrected chi connectivity index (χ1v) is 6.34. The van der Waals surface area contributed by atoms with Gasteiger partial charge in [0.05, 0.1) is 6.10 Å². The third kappa shape index (κ3) is 2.64. The molecule has 2 unspecified atom stereocenters. The third-order valence-electron chi connectivity index (χ3n) is 3.74. The fourth-order valence-corrected chi connectivity index (χ4v) is 2.43. The third-order valence-corrected chi connectivity index (χ3v) is 3.74. The van der Waals surface area contributed by atoms with E-state index in [0.29, 0.717) is 12.0 Å². The molecular weight excluding hydrogens is 226 g/mol. The predicted octanol–water partition coefficient (Wildman–Crippen LogP) is 1.83. The Labute approximate surface area is 108 Å². The van der Waals surface area contributed by atoms with E-state index in [9.17, 15) is 0 Å². The van der Waals surface area contributed by atoms with E-state index in [2.05, 4.69) is 11.8 Å². The molecule has 1 aromatic rings. The van der Waals surface area contributed by atoms with E-state index < -0.39 is 0 Å². The Kier molecular flexibility index (Phi) is 3.87. The summed E-state index contributed by atoms with van der Waals surface area (Å²) < 4.78 is 5.52. The molecule has 0 radical (unpaired) electrons. The van der Waals surface area contributed by atoms with Crippen LogP contribution in [0.15, 0.2) is 24.3 Å². The van der Waals surface area contributed by atoms with Crippen LogP contribution in [0.3, 0.4) is 0 Å². The topological polar surface area (TPSA) is 62.3 Å². The van der Waals surface area contributed by atoms with Crippen molar-refractivity contribution in [1.29, 1.82) is 5.41 Å². The highest BCUT2D eigenvalue weighted by Gasteiger charge is 2.25. The van der Waals surface area contributed by atoms with Gasteiger partial charge in [-0.2, -0.15) is 0 Å². The standard InChI is InChI=1S/C14H21N3O/c1-10-7-8-17(9-13(10)18-2)12-5-3-11(4-6-12)14(15)16/h3-6,10,13H,7-9H2,1-2H3,(H3,15,16). The predicted molar refractivity (Wildman–Crippen MR) is 74.2 cm³/mol. The molecule has 98 valence electrons. The summed E-state index contributed by atoms with van der Waals surface area (Å²) in [6.07, 6.45) is 1.44. The molecule has 0 aromatic heterocycles. The summed E-state index contributed by atoms with van der Waals surface area (Å²) in [7, 11) is 1.78. The molecule has 18 heavy (non-hydrogen) atoms. The van der Waals surface area contributed by atoms with Gasteiger partial charge in [-0.05, 0) is 36.6 Å². The SMILES string of the molecule is COC1CN(c2ccc(C(=N)N)cc2)CCC1C. The first-order valence-electron chi connectivity index (χ1n) is 6.34. The lowest BCUT2D eigenvalue weighted by molar-refractivity contribution is 0.0498. The summed E-state index contributed by atoms with van der Waals surface area (Å²) in [6, 6.07) is 7.86. The van der Waals surface area contributed by atoms with Crippen molar-refractivity contribution in [3.63, 3.8) is 0 Å². The summed E-state index contributed by atoms with van der Waals surface area (Å²) in [5, 5.41) is 7.38. The van der Waals surface area contributed by atoms with Crippen molar-refractivity contribution in [3.8, 4) is 0 Å². The highest BCUT2D eigenvalue weighted by Crippen LogP contribution is 2.24. The van der Waals surface area contributed by atoms with E-state index in [0.717, 1.165) is 25.1 Å². The number of nitrogens with zero attached hydrogens (tertiary/aromatic N) is 1. The Hall–Kier alpha value is -1.55. The van der Waals surface area contributed by atoms with Gasteiger partial charge < -0.3 is 15.4 Å². The van der Waals surface area contributed by atoms with Crippen LogP contribution in [0.1, 0.15) is 18.9 Å². The van der Waals surface area contributed by atoms with E-state index in [1.807, 2.05) is 24.3 Å². The minimum Gasteiger partial charge on any atom is -0.384 e. The molecule has 4 nitrogen and oxygen atoms in total. The molecule has 1 aromatic carbocycles. The number of nitrogen functional groups attached to an aromatic ring is 1. The first-order chi connectivity index (χ1) is 8.61. The number of amidine groups is 1. The number of hydrogen-bond acceptors (Lipinski definition) is 3. The van der Waals surface area contributed by atoms with E-state index >= 15 is 0 Å². The van der Waals surface area contributed by atoms with Gasteiger partial charge in [0.2, 0.25) is 0 Å². The Morgan fingerprint density at radius 3 is 2.61 bits per heavy atom. The van der Waals surface area contributed by atoms with Crippen LogP contribution in [0.5, 0.6) is 0 Å². The van der Waals surface area contributed by atoms with Crippen molar-refractivity contribution in [2.24, 2.45) is 11.7 Å². The molecule has 3 N–H and O–H groups in total. The number of hydrogen-bond donors (Lipinski definition) is 2. The lowest BCUT2D eigenvalue weighted by Gasteiger charge is -2.37. The maximum atomic E-state index is 7.38. The average molecular weight is 247 g/mol. The smallest absolute Gasteiger partial charge is 0.122 e. The Morgan fingerprint density at radius 2 is 2.06 bits per heavy atom. The van der Waals surface area contributed by atoms with E-state index in [4.69, 9.17) is 15.9 Å². The molecule has 0 bridgehead atoms. The number of piperidine rings is 1. The van der Waals surface area contributed by atoms with Gasteiger partial charge in [0.1, 0.15) is 5.84 Å². The monoisotopic (exact) mass is 247 g/mol. The lowest BCUT2D eigenvalue weighted by atomic mass is 9.95. The van der Waals surface area contributed by atoms with Crippen molar-refractivity contribution in [3.05, 3.63) is 29.8 Å². The van der Waals surface area contributed by atoms with Gasteiger partial charge in [0.15, 0.2) is 0 Å². The van der Waals surface area contributed by atoms with Crippen LogP contribution < -0.4 is 10.6 Å². The minimum atomic E-state index is 0.114. The second-order valence-corrected chi connectivity index (χ2v) is 4.95. The maximum Gasteiger partial charge on any atom is 0.122 e. The summed E-state index contributed by atoms with van der Waals surface area (Å²) in [5.74, 6) is 0.728. The fourth-order valence-electron chi connectivity index (χ4n) is 2.43. The molecule has 1 saturated heterocycles. The van der Waals surface area contributed by atoms with Crippen LogP contribution in [-0.4, -0.2) is 32.1 Å². The van der Waals surface area contributed by atoms with E-state index in [1.165, 1.54) is 5.69 Å². The van der Waals surface area contributed by atoms with Crippen molar-refractivity contribution < 1.29 is 4.74 Å². The molecule has 0 aliphatic carbocycles. The van der Waals surface area contributed by atoms with Crippen molar-refractivity contribution in [1.82, 2.24) is 0 Å². The van der Waals surface area contributed by atoms with Gasteiger partial charge in [0.25, 0.3) is 0 Å².